The van der Waals surface area contributed by atoms with Crippen LogP contribution in [0.1, 0.15) is 17.2 Å². The number of para-hydroxylation sites is 4. The maximum absolute atomic E-state index is 13.2. The van der Waals surface area contributed by atoms with Crippen molar-refractivity contribution < 1.29 is 9.53 Å². The number of ether oxygens (including phenoxy) is 1. The minimum atomic E-state index is -1.06. The van der Waals surface area contributed by atoms with Gasteiger partial charge in [0.05, 0.1) is 29.9 Å². The Bertz CT molecular complexity index is 1440. The third-order valence-electron chi connectivity index (χ3n) is 6.80. The van der Waals surface area contributed by atoms with E-state index in [1.807, 2.05) is 72.8 Å². The first kappa shape index (κ1) is 25.0. The molecule has 0 saturated carbocycles. The van der Waals surface area contributed by atoms with Crippen molar-refractivity contribution in [3.05, 3.63) is 90.1 Å². The highest BCUT2D eigenvalue weighted by molar-refractivity contribution is 5.89. The van der Waals surface area contributed by atoms with Gasteiger partial charge in [0.15, 0.2) is 11.7 Å². The van der Waals surface area contributed by atoms with Crippen molar-refractivity contribution >= 4 is 28.4 Å². The Labute approximate surface area is 222 Å². The van der Waals surface area contributed by atoms with Crippen LogP contribution in [0.15, 0.2) is 78.9 Å². The molecule has 8 heteroatoms. The Morgan fingerprint density at radius 3 is 2.26 bits per heavy atom. The second-order valence-electron chi connectivity index (χ2n) is 9.16. The summed E-state index contributed by atoms with van der Waals surface area (Å²) in [6.07, 6.45) is 0.686. The Kier molecular flexibility index (Phi) is 7.65. The second-order valence-corrected chi connectivity index (χ2v) is 9.16. The lowest BCUT2D eigenvalue weighted by Crippen LogP contribution is -2.47. The number of amides is 1. The van der Waals surface area contributed by atoms with E-state index in [-0.39, 0.29) is 5.91 Å². The van der Waals surface area contributed by atoms with E-state index in [0.29, 0.717) is 43.1 Å². The van der Waals surface area contributed by atoms with E-state index < -0.39 is 5.92 Å². The smallest absolute Gasteiger partial charge is 0.243 e. The lowest BCUT2D eigenvalue weighted by atomic mass is 10.0. The Balaban J connectivity index is 1.38. The molecule has 1 saturated heterocycles. The number of nitrogens with zero attached hydrogens (tertiary/aromatic N) is 5. The number of carbonyl (C=O) groups excluding carboxylic acids is 1. The van der Waals surface area contributed by atoms with Crippen LogP contribution in [0.5, 0.6) is 5.75 Å². The molecule has 4 aromatic rings. The zero-order valence-electron chi connectivity index (χ0n) is 21.4. The van der Waals surface area contributed by atoms with Crippen molar-refractivity contribution in [3.63, 3.8) is 0 Å². The van der Waals surface area contributed by atoms with Gasteiger partial charge in [-0.15, -0.1) is 0 Å². The molecule has 1 unspecified atom stereocenters. The number of nitrogens with one attached hydrogen (secondary N) is 1. The van der Waals surface area contributed by atoms with Crippen molar-refractivity contribution in [2.75, 3.05) is 49.6 Å². The van der Waals surface area contributed by atoms with Crippen molar-refractivity contribution in [1.29, 1.82) is 5.26 Å². The number of aromatic nitrogens is 2. The standard InChI is InChI=1S/C30H30N6O2/c1-38-27-14-8-7-13-26(27)35-17-19-36(20-18-35)29-28(33-24-11-5-6-12-25(24)34-29)23(21-31)30(37)32-16-15-22-9-3-2-4-10-22/h2-14,23H,15-20H2,1H3,(H,32,37). The van der Waals surface area contributed by atoms with Crippen LogP contribution < -0.4 is 19.9 Å². The number of benzene rings is 3. The number of fused-ring (bicyclic) bond motifs is 1. The summed E-state index contributed by atoms with van der Waals surface area (Å²) in [6, 6.07) is 27.7. The van der Waals surface area contributed by atoms with Gasteiger partial charge in [-0.1, -0.05) is 54.6 Å². The normalized spacial score (nSPS) is 14.1. The second kappa shape index (κ2) is 11.6. The van der Waals surface area contributed by atoms with Gasteiger partial charge in [0, 0.05) is 32.7 Å². The topological polar surface area (TPSA) is 94.4 Å². The van der Waals surface area contributed by atoms with Gasteiger partial charge in [-0.3, -0.25) is 4.79 Å². The van der Waals surface area contributed by atoms with E-state index in [1.54, 1.807) is 7.11 Å². The first-order chi connectivity index (χ1) is 18.7. The quantitative estimate of drug-likeness (QED) is 0.387. The van der Waals surface area contributed by atoms with Crippen LogP contribution in [0.3, 0.4) is 0 Å². The minimum absolute atomic E-state index is 0.359. The Morgan fingerprint density at radius 2 is 1.55 bits per heavy atom. The van der Waals surface area contributed by atoms with Gasteiger partial charge in [-0.2, -0.15) is 5.26 Å². The fourth-order valence-electron chi connectivity index (χ4n) is 4.80. The minimum Gasteiger partial charge on any atom is -0.495 e. The van der Waals surface area contributed by atoms with Gasteiger partial charge >= 0.3 is 0 Å². The average Bonchev–Trinajstić information content (AvgIpc) is 2.98. The van der Waals surface area contributed by atoms with Crippen LogP contribution in [-0.4, -0.2) is 55.7 Å². The zero-order valence-corrected chi connectivity index (χ0v) is 21.4. The first-order valence-corrected chi connectivity index (χ1v) is 12.8. The van der Waals surface area contributed by atoms with Crippen LogP contribution in [0.25, 0.3) is 11.0 Å². The number of hydrogen-bond donors (Lipinski definition) is 1. The predicted octanol–water partition coefficient (Wildman–Crippen LogP) is 3.93. The molecule has 38 heavy (non-hydrogen) atoms. The summed E-state index contributed by atoms with van der Waals surface area (Å²) >= 11 is 0. The van der Waals surface area contributed by atoms with Crippen LogP contribution in [-0.2, 0) is 11.2 Å². The maximum Gasteiger partial charge on any atom is 0.243 e. The maximum atomic E-state index is 13.2. The van der Waals surface area contributed by atoms with Crippen molar-refractivity contribution in [2.24, 2.45) is 0 Å². The van der Waals surface area contributed by atoms with E-state index in [1.165, 1.54) is 0 Å². The highest BCUT2D eigenvalue weighted by Crippen LogP contribution is 2.31. The number of piperazine rings is 1. The molecule has 192 valence electrons. The fourth-order valence-corrected chi connectivity index (χ4v) is 4.80. The van der Waals surface area contributed by atoms with Crippen LogP contribution >= 0.6 is 0 Å². The first-order valence-electron chi connectivity index (χ1n) is 12.8. The molecule has 3 aromatic carbocycles. The molecule has 1 aliphatic rings. The highest BCUT2D eigenvalue weighted by atomic mass is 16.5. The van der Waals surface area contributed by atoms with Crippen LogP contribution in [0, 0.1) is 11.3 Å². The lowest BCUT2D eigenvalue weighted by Gasteiger charge is -2.38. The Hall–Kier alpha value is -4.64. The molecule has 8 nitrogen and oxygen atoms in total. The van der Waals surface area contributed by atoms with E-state index in [4.69, 9.17) is 14.7 Å². The third-order valence-corrected chi connectivity index (χ3v) is 6.80. The van der Waals surface area contributed by atoms with Crippen molar-refractivity contribution in [2.45, 2.75) is 12.3 Å². The van der Waals surface area contributed by atoms with Gasteiger partial charge < -0.3 is 19.9 Å². The Morgan fingerprint density at radius 1 is 0.921 bits per heavy atom. The highest BCUT2D eigenvalue weighted by Gasteiger charge is 2.30. The van der Waals surface area contributed by atoms with Gasteiger partial charge in [0.1, 0.15) is 11.4 Å². The summed E-state index contributed by atoms with van der Waals surface area (Å²) in [7, 11) is 1.68. The molecule has 1 fully saturated rings. The monoisotopic (exact) mass is 506 g/mol. The van der Waals surface area contributed by atoms with E-state index >= 15 is 0 Å². The molecule has 1 aromatic heterocycles. The number of rotatable bonds is 8. The fraction of sp³-hybridized carbons (Fsp3) is 0.267. The number of anilines is 2. The van der Waals surface area contributed by atoms with Gasteiger partial charge in [-0.05, 0) is 36.2 Å². The summed E-state index contributed by atoms with van der Waals surface area (Å²) in [5, 5.41) is 13.0. The van der Waals surface area contributed by atoms with Crippen LogP contribution in [0.4, 0.5) is 11.5 Å². The molecule has 0 spiro atoms. The number of carbonyl (C=O) groups is 1. The van der Waals surface area contributed by atoms with Gasteiger partial charge in [-0.25, -0.2) is 9.97 Å². The molecule has 2 heterocycles. The summed E-state index contributed by atoms with van der Waals surface area (Å²) in [6.45, 7) is 3.27. The van der Waals surface area contributed by atoms with E-state index in [2.05, 4.69) is 27.3 Å². The molecule has 0 radical (unpaired) electrons. The molecule has 1 N–H and O–H groups in total. The summed E-state index contributed by atoms with van der Waals surface area (Å²) in [4.78, 5) is 27.3. The SMILES string of the molecule is COc1ccccc1N1CCN(c2nc3ccccc3nc2C(C#N)C(=O)NCCc2ccccc2)CC1. The molecule has 5 rings (SSSR count). The summed E-state index contributed by atoms with van der Waals surface area (Å²) in [5.41, 5.74) is 3.97. The number of methoxy groups -OCH3 is 1. The van der Waals surface area contributed by atoms with Crippen molar-refractivity contribution in [3.8, 4) is 11.8 Å². The van der Waals surface area contributed by atoms with Crippen molar-refractivity contribution in [1.82, 2.24) is 15.3 Å². The zero-order chi connectivity index (χ0) is 26.3. The molecule has 1 aliphatic heterocycles. The largest absolute Gasteiger partial charge is 0.495 e. The molecular weight excluding hydrogens is 476 g/mol. The van der Waals surface area contributed by atoms with Gasteiger partial charge in [0.25, 0.3) is 0 Å². The predicted molar refractivity (Wildman–Crippen MR) is 148 cm³/mol. The number of nitriles is 1. The average molecular weight is 507 g/mol. The van der Waals surface area contributed by atoms with Gasteiger partial charge in [0.2, 0.25) is 5.91 Å². The lowest BCUT2D eigenvalue weighted by molar-refractivity contribution is -0.121. The summed E-state index contributed by atoms with van der Waals surface area (Å²) < 4.78 is 5.55. The van der Waals surface area contributed by atoms with E-state index in [9.17, 15) is 10.1 Å². The molecule has 1 amide bonds. The number of hydrogen-bond acceptors (Lipinski definition) is 7. The molecule has 1 atom stereocenters. The van der Waals surface area contributed by atoms with Crippen LogP contribution in [0.2, 0.25) is 0 Å². The van der Waals surface area contributed by atoms with E-state index in [0.717, 1.165) is 35.6 Å². The molecule has 0 aliphatic carbocycles. The molecule has 0 bridgehead atoms. The third kappa shape index (κ3) is 5.37. The molecular formula is C30H30N6O2. The summed E-state index contributed by atoms with van der Waals surface area (Å²) in [5.74, 6) is 0.00374.